The van der Waals surface area contributed by atoms with Crippen molar-refractivity contribution in [3.05, 3.63) is 51.5 Å². The minimum atomic E-state index is -0.0992. The Hall–Kier alpha value is -1.60. The maximum atomic E-state index is 12.3. The van der Waals surface area contributed by atoms with Crippen molar-refractivity contribution in [3.8, 4) is 0 Å². The van der Waals surface area contributed by atoms with Crippen LogP contribution in [0, 0.1) is 6.92 Å². The molecule has 134 valence electrons. The van der Waals surface area contributed by atoms with E-state index < -0.39 is 0 Å². The van der Waals surface area contributed by atoms with Crippen LogP contribution in [0.1, 0.15) is 27.9 Å². The topological polar surface area (TPSA) is 72.9 Å². The van der Waals surface area contributed by atoms with E-state index in [-0.39, 0.29) is 24.4 Å². The van der Waals surface area contributed by atoms with E-state index in [1.54, 1.807) is 0 Å². The Morgan fingerprint density at radius 3 is 2.84 bits per heavy atom. The Morgan fingerprint density at radius 1 is 1.44 bits per heavy atom. The van der Waals surface area contributed by atoms with Gasteiger partial charge in [-0.15, -0.1) is 23.7 Å². The average molecular weight is 399 g/mol. The molecule has 0 aliphatic heterocycles. The van der Waals surface area contributed by atoms with Gasteiger partial charge in [0.1, 0.15) is 4.83 Å². The van der Waals surface area contributed by atoms with Crippen LogP contribution >= 0.6 is 35.3 Å². The molecule has 8 heteroatoms. The van der Waals surface area contributed by atoms with Gasteiger partial charge in [0.2, 0.25) is 0 Å². The van der Waals surface area contributed by atoms with Gasteiger partial charge in [0.05, 0.1) is 17.1 Å². The van der Waals surface area contributed by atoms with E-state index in [2.05, 4.69) is 10.4 Å². The van der Waals surface area contributed by atoms with Crippen LogP contribution < -0.4 is 11.1 Å². The van der Waals surface area contributed by atoms with Crippen LogP contribution in [0.25, 0.3) is 10.2 Å². The number of amides is 1. The highest BCUT2D eigenvalue weighted by atomic mass is 35.5. The lowest BCUT2D eigenvalue weighted by molar-refractivity contribution is 0.0945. The fourth-order valence-corrected chi connectivity index (χ4v) is 3.73. The quantitative estimate of drug-likeness (QED) is 0.689. The fraction of sp³-hybridized carbons (Fsp3) is 0.294. The predicted octanol–water partition coefficient (Wildman–Crippen LogP) is 3.61. The number of nitrogens with two attached hydrogens (primary N) is 1. The van der Waals surface area contributed by atoms with Crippen LogP contribution in [0.5, 0.6) is 0 Å². The lowest BCUT2D eigenvalue weighted by Gasteiger charge is -2.09. The number of aryl methyl sites for hydroxylation is 1. The molecule has 0 saturated carbocycles. The van der Waals surface area contributed by atoms with Crippen molar-refractivity contribution in [2.24, 2.45) is 5.73 Å². The molecule has 1 aromatic carbocycles. The highest BCUT2D eigenvalue weighted by molar-refractivity contribution is 7.20. The smallest absolute Gasteiger partial charge is 0.261 e. The van der Waals surface area contributed by atoms with Gasteiger partial charge in [0, 0.05) is 23.0 Å². The zero-order chi connectivity index (χ0) is 17.3. The van der Waals surface area contributed by atoms with E-state index in [0.717, 1.165) is 21.5 Å². The molecule has 3 aromatic rings. The fourth-order valence-electron chi connectivity index (χ4n) is 2.47. The maximum Gasteiger partial charge on any atom is 0.261 e. The third-order valence-corrected chi connectivity index (χ3v) is 5.36. The van der Waals surface area contributed by atoms with Crippen LogP contribution in [0.4, 0.5) is 0 Å². The zero-order valence-corrected chi connectivity index (χ0v) is 16.3. The molecule has 0 bridgehead atoms. The third-order valence-electron chi connectivity index (χ3n) is 3.84. The van der Waals surface area contributed by atoms with Crippen LogP contribution in [0.2, 0.25) is 5.02 Å². The van der Waals surface area contributed by atoms with E-state index in [1.165, 1.54) is 11.3 Å². The Kier molecular flexibility index (Phi) is 6.46. The largest absolute Gasteiger partial charge is 0.348 e. The third kappa shape index (κ3) is 4.15. The first-order valence-corrected chi connectivity index (χ1v) is 8.90. The summed E-state index contributed by atoms with van der Waals surface area (Å²) >= 11 is 7.68. The van der Waals surface area contributed by atoms with E-state index >= 15 is 0 Å². The number of halogens is 2. The SMILES string of the molecule is Cc1nn(Cc2ccccc2Cl)c2sc(C(=O)N[C@@H](C)CN)cc12.Cl. The van der Waals surface area contributed by atoms with Crippen LogP contribution in [0.3, 0.4) is 0 Å². The van der Waals surface area contributed by atoms with Gasteiger partial charge in [0.25, 0.3) is 5.91 Å². The molecule has 25 heavy (non-hydrogen) atoms. The van der Waals surface area contributed by atoms with Crippen molar-refractivity contribution in [1.82, 2.24) is 15.1 Å². The summed E-state index contributed by atoms with van der Waals surface area (Å²) in [6.07, 6.45) is 0. The van der Waals surface area contributed by atoms with E-state index in [9.17, 15) is 4.79 Å². The first-order chi connectivity index (χ1) is 11.5. The molecule has 3 rings (SSSR count). The molecule has 5 nitrogen and oxygen atoms in total. The van der Waals surface area contributed by atoms with Crippen LogP contribution in [-0.4, -0.2) is 28.3 Å². The van der Waals surface area contributed by atoms with E-state index in [0.29, 0.717) is 23.0 Å². The Morgan fingerprint density at radius 2 is 2.16 bits per heavy atom. The molecule has 0 unspecified atom stereocenters. The molecule has 0 fully saturated rings. The number of carbonyl (C=O) groups is 1. The molecule has 0 aliphatic carbocycles. The minimum absolute atomic E-state index is 0. The summed E-state index contributed by atoms with van der Waals surface area (Å²) in [4.78, 5) is 13.9. The molecule has 0 saturated heterocycles. The Labute approximate surface area is 161 Å². The van der Waals surface area contributed by atoms with Gasteiger partial charge in [-0.2, -0.15) is 5.10 Å². The first-order valence-electron chi connectivity index (χ1n) is 7.71. The number of thiophene rings is 1. The molecule has 3 N–H and O–H groups in total. The number of nitrogens with zero attached hydrogens (tertiary/aromatic N) is 2. The van der Waals surface area contributed by atoms with Gasteiger partial charge in [0.15, 0.2) is 0 Å². The lowest BCUT2D eigenvalue weighted by Crippen LogP contribution is -2.37. The number of carbonyl (C=O) groups excluding carboxylic acids is 1. The zero-order valence-electron chi connectivity index (χ0n) is 14.0. The minimum Gasteiger partial charge on any atom is -0.348 e. The second-order valence-electron chi connectivity index (χ2n) is 5.77. The number of hydrogen-bond donors (Lipinski definition) is 2. The van der Waals surface area contributed by atoms with Crippen molar-refractivity contribution in [3.63, 3.8) is 0 Å². The average Bonchev–Trinajstić information content (AvgIpc) is 3.11. The van der Waals surface area contributed by atoms with Crippen molar-refractivity contribution in [1.29, 1.82) is 0 Å². The number of hydrogen-bond acceptors (Lipinski definition) is 4. The van der Waals surface area contributed by atoms with Crippen molar-refractivity contribution in [2.45, 2.75) is 26.4 Å². The van der Waals surface area contributed by atoms with Crippen molar-refractivity contribution >= 4 is 51.5 Å². The van der Waals surface area contributed by atoms with Crippen LogP contribution in [0.15, 0.2) is 30.3 Å². The molecule has 0 aliphatic rings. The first kappa shape index (κ1) is 19.7. The molecular formula is C17H20Cl2N4OS. The molecule has 1 atom stereocenters. The summed E-state index contributed by atoms with van der Waals surface area (Å²) in [6, 6.07) is 9.55. The van der Waals surface area contributed by atoms with E-state index in [4.69, 9.17) is 17.3 Å². The summed E-state index contributed by atoms with van der Waals surface area (Å²) < 4.78 is 1.90. The second kappa shape index (κ2) is 8.19. The molecule has 1 amide bonds. The van der Waals surface area contributed by atoms with Gasteiger partial charge in [-0.1, -0.05) is 29.8 Å². The van der Waals surface area contributed by atoms with E-state index in [1.807, 2.05) is 48.9 Å². The molecule has 2 aromatic heterocycles. The number of aromatic nitrogens is 2. The molecule has 2 heterocycles. The Balaban J connectivity index is 0.00000225. The van der Waals surface area contributed by atoms with Gasteiger partial charge < -0.3 is 11.1 Å². The standard InChI is InChI=1S/C17H19ClN4OS.ClH/c1-10(8-19)20-16(23)15-7-13-11(2)21-22(17(13)24-15)9-12-5-3-4-6-14(12)18;/h3-7,10H,8-9,19H2,1-2H3,(H,20,23);1H/t10-;/m0./s1. The highest BCUT2D eigenvalue weighted by Gasteiger charge is 2.17. The summed E-state index contributed by atoms with van der Waals surface area (Å²) in [5, 5.41) is 9.18. The molecule has 0 radical (unpaired) electrons. The molecular weight excluding hydrogens is 379 g/mol. The van der Waals surface area contributed by atoms with Gasteiger partial charge >= 0.3 is 0 Å². The highest BCUT2D eigenvalue weighted by Crippen LogP contribution is 2.29. The maximum absolute atomic E-state index is 12.3. The van der Waals surface area contributed by atoms with Crippen molar-refractivity contribution in [2.75, 3.05) is 6.54 Å². The summed E-state index contributed by atoms with van der Waals surface area (Å²) in [6.45, 7) is 4.82. The normalized spacial score (nSPS) is 12.0. The molecule has 0 spiro atoms. The number of benzene rings is 1. The second-order valence-corrected chi connectivity index (χ2v) is 7.21. The monoisotopic (exact) mass is 398 g/mol. The van der Waals surface area contributed by atoms with Gasteiger partial charge in [-0.05, 0) is 31.5 Å². The van der Waals surface area contributed by atoms with Crippen LogP contribution in [-0.2, 0) is 6.54 Å². The predicted molar refractivity (Wildman–Crippen MR) is 106 cm³/mol. The number of nitrogens with one attached hydrogen (secondary N) is 1. The Bertz CT molecular complexity index is 890. The number of rotatable bonds is 5. The van der Waals surface area contributed by atoms with Crippen molar-refractivity contribution < 1.29 is 4.79 Å². The van der Waals surface area contributed by atoms with Gasteiger partial charge in [-0.25, -0.2) is 0 Å². The number of fused-ring (bicyclic) bond motifs is 1. The lowest BCUT2D eigenvalue weighted by atomic mass is 10.2. The summed E-state index contributed by atoms with van der Waals surface area (Å²) in [5.74, 6) is -0.0992. The summed E-state index contributed by atoms with van der Waals surface area (Å²) in [7, 11) is 0. The van der Waals surface area contributed by atoms with Gasteiger partial charge in [-0.3, -0.25) is 9.48 Å². The summed E-state index contributed by atoms with van der Waals surface area (Å²) in [5.41, 5.74) is 7.47.